The third-order valence-corrected chi connectivity index (χ3v) is 11.8. The van der Waals surface area contributed by atoms with E-state index in [0.717, 1.165) is 24.3 Å². The van der Waals surface area contributed by atoms with Crippen LogP contribution >= 0.6 is 9.69 Å². The van der Waals surface area contributed by atoms with Crippen molar-refractivity contribution in [2.45, 2.75) is 48.5 Å². The van der Waals surface area contributed by atoms with Gasteiger partial charge in [-0.25, -0.2) is 0 Å². The van der Waals surface area contributed by atoms with E-state index in [0.29, 0.717) is 0 Å². The Balaban J connectivity index is 0.000000146. The second-order valence-corrected chi connectivity index (χ2v) is 16.6. The van der Waals surface area contributed by atoms with Crippen LogP contribution in [-0.4, -0.2) is 28.5 Å². The van der Waals surface area contributed by atoms with E-state index < -0.39 is 0 Å². The Hall–Kier alpha value is -5.09. The summed E-state index contributed by atoms with van der Waals surface area (Å²) in [7, 11) is 6.10. The number of phenols is 1. The molecular formula is C50H50ClN3ORu-. The van der Waals surface area contributed by atoms with E-state index in [1.807, 2.05) is 49.4 Å². The number of allylic oxidation sites excluding steroid dienone is 1. The van der Waals surface area contributed by atoms with Gasteiger partial charge in [-0.3, -0.25) is 4.99 Å². The van der Waals surface area contributed by atoms with Gasteiger partial charge in [-0.15, -0.1) is 0 Å². The van der Waals surface area contributed by atoms with Gasteiger partial charge in [0, 0.05) is 36.2 Å². The average molecular weight is 845 g/mol. The summed E-state index contributed by atoms with van der Waals surface area (Å²) in [6.07, 6.45) is 3.91. The van der Waals surface area contributed by atoms with Gasteiger partial charge in [-0.05, 0) is 95.0 Å². The van der Waals surface area contributed by atoms with E-state index in [9.17, 15) is 5.11 Å². The van der Waals surface area contributed by atoms with Gasteiger partial charge in [0.05, 0.1) is 5.69 Å². The fourth-order valence-electron chi connectivity index (χ4n) is 7.57. The third kappa shape index (κ3) is 9.82. The number of fused-ring (bicyclic) bond motifs is 1. The fraction of sp³-hybridized carbons (Fsp3) is 0.180. The van der Waals surface area contributed by atoms with E-state index in [2.05, 4.69) is 142 Å². The number of aromatic hydroxyl groups is 1. The van der Waals surface area contributed by atoms with Crippen LogP contribution in [0.1, 0.15) is 61.2 Å². The average Bonchev–Trinajstić information content (AvgIpc) is 3.80. The molecule has 0 saturated carbocycles. The number of rotatable bonds is 5. The van der Waals surface area contributed by atoms with Crippen molar-refractivity contribution in [2.75, 3.05) is 22.9 Å². The molecule has 6 aromatic carbocycles. The minimum absolute atomic E-state index is 0.218. The van der Waals surface area contributed by atoms with E-state index >= 15 is 0 Å². The molecule has 0 atom stereocenters. The quantitative estimate of drug-likeness (QED) is 0.107. The zero-order valence-electron chi connectivity index (χ0n) is 33.3. The van der Waals surface area contributed by atoms with Crippen molar-refractivity contribution in [2.24, 2.45) is 4.99 Å². The summed E-state index contributed by atoms with van der Waals surface area (Å²) in [6, 6.07) is 43.2. The number of aryl methyl sites for hydroxylation is 7. The Kier molecular flexibility index (Phi) is 13.5. The van der Waals surface area contributed by atoms with Crippen molar-refractivity contribution in [1.29, 1.82) is 0 Å². The van der Waals surface area contributed by atoms with Crippen LogP contribution in [0, 0.1) is 55.1 Å². The maximum absolute atomic E-state index is 9.54. The standard InChI is InChI=1S/C21H27N2.C15H10.C14H13NO.ClH.Ru/c1-14-9-16(3)20(17(4)10-14)22-7-8-23(13-22)21-18(5)11-15(2)12-19(21)6;1-2-6-12(7-3-1)15-11-10-13-8-4-5-9-14(13)15;1-11-6-8-13(9-7-11)15-10-12-4-2-3-5-14(12)16;;/h9-13H,7-8H2,1-6H3;1-9,11H;2-10,16H,1H3;1H;/q-1;;;;+1/p-1. The van der Waals surface area contributed by atoms with Crippen LogP contribution in [0.3, 0.4) is 0 Å². The van der Waals surface area contributed by atoms with Crippen LogP contribution < -0.4 is 9.80 Å². The number of phenolic OH excluding ortho intramolecular Hbond substituents is 1. The molecule has 0 unspecified atom stereocenters. The van der Waals surface area contributed by atoms with Crippen LogP contribution in [-0.2, 0) is 15.7 Å². The topological polar surface area (TPSA) is 39.1 Å². The van der Waals surface area contributed by atoms with E-state index in [-0.39, 0.29) is 21.4 Å². The molecule has 0 aromatic heterocycles. The summed E-state index contributed by atoms with van der Waals surface area (Å²) in [5, 5.41) is 9.54. The molecule has 6 heteroatoms. The van der Waals surface area contributed by atoms with Crippen molar-refractivity contribution < 1.29 is 20.8 Å². The molecule has 8 rings (SSSR count). The summed E-state index contributed by atoms with van der Waals surface area (Å²) in [4.78, 5) is 9.10. The van der Waals surface area contributed by atoms with Crippen molar-refractivity contribution in [1.82, 2.24) is 0 Å². The number of benzene rings is 6. The molecule has 0 bridgehead atoms. The van der Waals surface area contributed by atoms with Gasteiger partial charge in [-0.2, -0.15) is 6.67 Å². The Morgan fingerprint density at radius 2 is 1.11 bits per heavy atom. The monoisotopic (exact) mass is 845 g/mol. The summed E-state index contributed by atoms with van der Waals surface area (Å²) < 4.78 is 1.30. The Bertz CT molecular complexity index is 2290. The first-order valence-electron chi connectivity index (χ1n) is 18.9. The molecule has 0 amide bonds. The zero-order valence-corrected chi connectivity index (χ0v) is 35.8. The molecule has 56 heavy (non-hydrogen) atoms. The van der Waals surface area contributed by atoms with Gasteiger partial charge in [-0.1, -0.05) is 65.2 Å². The predicted octanol–water partition coefficient (Wildman–Crippen LogP) is 12.3. The number of halogens is 1. The molecule has 1 N–H and O–H groups in total. The number of anilines is 2. The Morgan fingerprint density at radius 1 is 0.607 bits per heavy atom. The van der Waals surface area contributed by atoms with Gasteiger partial charge in [0.25, 0.3) is 0 Å². The van der Waals surface area contributed by atoms with Crippen molar-refractivity contribution in [3.8, 4) is 5.75 Å². The predicted molar refractivity (Wildman–Crippen MR) is 237 cm³/mol. The molecule has 4 nitrogen and oxygen atoms in total. The van der Waals surface area contributed by atoms with E-state index in [1.165, 1.54) is 76.7 Å². The second kappa shape index (κ2) is 18.7. The molecule has 6 aromatic rings. The van der Waals surface area contributed by atoms with Crippen LogP contribution in [0.15, 0.2) is 138 Å². The van der Waals surface area contributed by atoms with Crippen molar-refractivity contribution in [3.63, 3.8) is 0 Å². The van der Waals surface area contributed by atoms with Crippen LogP contribution in [0.5, 0.6) is 5.75 Å². The molecular weight excluding hydrogens is 795 g/mol. The summed E-state index contributed by atoms with van der Waals surface area (Å²) in [5.41, 5.74) is 18.8. The third-order valence-electron chi connectivity index (χ3n) is 9.92. The summed E-state index contributed by atoms with van der Waals surface area (Å²) >= 11 is -0.218. The minimum atomic E-state index is -0.218. The number of aliphatic imine (C=N–C) groups is 1. The number of hydrogen-bond acceptors (Lipinski definition) is 4. The molecule has 2 aliphatic rings. The Labute approximate surface area is 345 Å². The Morgan fingerprint density at radius 3 is 1.64 bits per heavy atom. The summed E-state index contributed by atoms with van der Waals surface area (Å²) in [5.74, 6) is 0.248. The molecule has 0 spiro atoms. The summed E-state index contributed by atoms with van der Waals surface area (Å²) in [6.45, 7) is 19.6. The van der Waals surface area contributed by atoms with Crippen LogP contribution in [0.4, 0.5) is 17.1 Å². The van der Waals surface area contributed by atoms with Gasteiger partial charge in [0.2, 0.25) is 0 Å². The molecule has 1 aliphatic carbocycles. The van der Waals surface area contributed by atoms with Crippen molar-refractivity contribution >= 4 is 42.6 Å². The molecule has 0 radical (unpaired) electrons. The number of hydrogen-bond donors (Lipinski definition) is 1. The first kappa shape index (κ1) is 40.6. The fourth-order valence-corrected chi connectivity index (χ4v) is 9.13. The molecule has 1 heterocycles. The second-order valence-electron chi connectivity index (χ2n) is 14.5. The van der Waals surface area contributed by atoms with E-state index in [4.69, 9.17) is 9.69 Å². The molecule has 1 aliphatic heterocycles. The van der Waals surface area contributed by atoms with Crippen LogP contribution in [0.25, 0.3) is 5.57 Å². The number of para-hydroxylation sites is 1. The van der Waals surface area contributed by atoms with Crippen LogP contribution in [0.2, 0.25) is 0 Å². The molecule has 1 fully saturated rings. The normalized spacial score (nSPS) is 14.1. The molecule has 1 saturated heterocycles. The van der Waals surface area contributed by atoms with Gasteiger partial charge in [0.1, 0.15) is 5.75 Å². The first-order chi connectivity index (χ1) is 27.0. The van der Waals surface area contributed by atoms with Gasteiger partial charge >= 0.3 is 112 Å². The number of nitrogens with zero attached hydrogens (tertiary/aromatic N) is 3. The van der Waals surface area contributed by atoms with Crippen molar-refractivity contribution in [3.05, 3.63) is 201 Å². The van der Waals surface area contributed by atoms with E-state index in [1.54, 1.807) is 18.3 Å². The van der Waals surface area contributed by atoms with Gasteiger partial charge in [0.15, 0.2) is 0 Å². The molecule has 287 valence electrons. The zero-order chi connectivity index (χ0) is 39.8. The SMILES string of the molecule is Cc1cc(C)c(N2[CH-]N(c3c(C)cc(C)cc3C)CC2)c(C)c1.Cc1ccc(N=Cc2ccccc2O)cc1.[Cl][Ru]=[C]1C=C(c2ccccc2)c2ccccc21. The maximum atomic E-state index is 9.54. The first-order valence-corrected chi connectivity index (χ1v) is 22.0. The van der Waals surface area contributed by atoms with Gasteiger partial charge < -0.3 is 14.9 Å².